The summed E-state index contributed by atoms with van der Waals surface area (Å²) in [6.45, 7) is 4.20. The molecule has 2 aliphatic rings. The number of nitriles is 1. The van der Waals surface area contributed by atoms with Crippen molar-refractivity contribution in [2.24, 2.45) is 0 Å². The number of aromatic nitrogens is 1. The van der Waals surface area contributed by atoms with Crippen molar-refractivity contribution in [1.29, 1.82) is 5.26 Å². The molecule has 1 atom stereocenters. The standard InChI is InChI=1S/C16H21N5O/c1-19-8-10-20(11-9-19)16(22)14-5-3-7-21(14)15-13(12-17)4-2-6-18-15/h2,4,6,14H,3,5,7-11H2,1H3/t14-/m1/s1. The second-order valence-electron chi connectivity index (χ2n) is 5.97. The van der Waals surface area contributed by atoms with Crippen molar-refractivity contribution in [1.82, 2.24) is 14.8 Å². The van der Waals surface area contributed by atoms with E-state index in [1.54, 1.807) is 18.3 Å². The maximum Gasteiger partial charge on any atom is 0.245 e. The summed E-state index contributed by atoms with van der Waals surface area (Å²) in [5.74, 6) is 0.829. The first-order chi connectivity index (χ1) is 10.7. The zero-order valence-electron chi connectivity index (χ0n) is 12.9. The SMILES string of the molecule is CN1CCN(C(=O)[C@H]2CCCN2c2ncccc2C#N)CC1. The largest absolute Gasteiger partial charge is 0.343 e. The molecule has 1 aromatic heterocycles. The van der Waals surface area contributed by atoms with Crippen LogP contribution in [-0.2, 0) is 4.79 Å². The fourth-order valence-corrected chi connectivity index (χ4v) is 3.23. The van der Waals surface area contributed by atoms with Gasteiger partial charge in [0, 0.05) is 38.9 Å². The molecule has 0 aliphatic carbocycles. The first kappa shape index (κ1) is 14.8. The highest BCUT2D eigenvalue weighted by Gasteiger charge is 2.36. The molecule has 2 saturated heterocycles. The Bertz CT molecular complexity index is 588. The molecule has 6 nitrogen and oxygen atoms in total. The summed E-state index contributed by atoms with van der Waals surface area (Å²) in [7, 11) is 2.08. The van der Waals surface area contributed by atoms with Crippen molar-refractivity contribution in [2.75, 3.05) is 44.7 Å². The molecule has 3 heterocycles. The highest BCUT2D eigenvalue weighted by molar-refractivity contribution is 5.86. The lowest BCUT2D eigenvalue weighted by Crippen LogP contribution is -2.53. The van der Waals surface area contributed by atoms with Crippen LogP contribution in [0.3, 0.4) is 0 Å². The number of likely N-dealkylation sites (N-methyl/N-ethyl adjacent to an activating group) is 1. The van der Waals surface area contributed by atoms with E-state index in [1.165, 1.54) is 0 Å². The average Bonchev–Trinajstić information content (AvgIpc) is 3.04. The molecule has 2 fully saturated rings. The molecule has 0 unspecified atom stereocenters. The summed E-state index contributed by atoms with van der Waals surface area (Å²) >= 11 is 0. The van der Waals surface area contributed by atoms with E-state index in [2.05, 4.69) is 23.0 Å². The van der Waals surface area contributed by atoms with Gasteiger partial charge in [-0.25, -0.2) is 4.98 Å². The van der Waals surface area contributed by atoms with Gasteiger partial charge in [0.2, 0.25) is 5.91 Å². The number of carbonyl (C=O) groups is 1. The van der Waals surface area contributed by atoms with Crippen molar-refractivity contribution in [3.8, 4) is 6.07 Å². The van der Waals surface area contributed by atoms with Crippen LogP contribution < -0.4 is 4.90 Å². The van der Waals surface area contributed by atoms with Crippen LogP contribution in [-0.4, -0.2) is 66.5 Å². The Labute approximate surface area is 130 Å². The minimum absolute atomic E-state index is 0.176. The zero-order chi connectivity index (χ0) is 15.5. The Kier molecular flexibility index (Phi) is 4.25. The van der Waals surface area contributed by atoms with Gasteiger partial charge in [0.25, 0.3) is 0 Å². The molecule has 6 heteroatoms. The van der Waals surface area contributed by atoms with Gasteiger partial charge in [-0.15, -0.1) is 0 Å². The van der Waals surface area contributed by atoms with E-state index < -0.39 is 0 Å². The maximum atomic E-state index is 12.8. The lowest BCUT2D eigenvalue weighted by Gasteiger charge is -2.36. The summed E-state index contributed by atoms with van der Waals surface area (Å²) in [5.41, 5.74) is 0.542. The van der Waals surface area contributed by atoms with Crippen molar-refractivity contribution in [3.05, 3.63) is 23.9 Å². The zero-order valence-corrected chi connectivity index (χ0v) is 12.9. The number of rotatable bonds is 2. The normalized spacial score (nSPS) is 22.6. The molecule has 3 rings (SSSR count). The Hall–Kier alpha value is -2.13. The Balaban J connectivity index is 1.78. The van der Waals surface area contributed by atoms with E-state index in [4.69, 9.17) is 0 Å². The molecular weight excluding hydrogens is 278 g/mol. The number of amides is 1. The molecule has 116 valence electrons. The summed E-state index contributed by atoms with van der Waals surface area (Å²) in [6.07, 6.45) is 3.49. The van der Waals surface area contributed by atoms with Crippen LogP contribution in [0.15, 0.2) is 18.3 Å². The van der Waals surface area contributed by atoms with Crippen molar-refractivity contribution < 1.29 is 4.79 Å². The van der Waals surface area contributed by atoms with Crippen LogP contribution >= 0.6 is 0 Å². The highest BCUT2D eigenvalue weighted by Crippen LogP contribution is 2.27. The third-order valence-electron chi connectivity index (χ3n) is 4.53. The number of piperazine rings is 1. The minimum atomic E-state index is -0.176. The molecule has 1 amide bonds. The fourth-order valence-electron chi connectivity index (χ4n) is 3.23. The van der Waals surface area contributed by atoms with Crippen LogP contribution in [0.4, 0.5) is 5.82 Å². The van der Waals surface area contributed by atoms with Gasteiger partial charge in [-0.1, -0.05) is 0 Å². The van der Waals surface area contributed by atoms with E-state index in [1.807, 2.05) is 9.80 Å². The van der Waals surface area contributed by atoms with Crippen molar-refractivity contribution >= 4 is 11.7 Å². The van der Waals surface area contributed by atoms with Gasteiger partial charge in [0.15, 0.2) is 0 Å². The van der Waals surface area contributed by atoms with Crippen LogP contribution in [0, 0.1) is 11.3 Å². The van der Waals surface area contributed by atoms with Gasteiger partial charge >= 0.3 is 0 Å². The molecule has 1 aromatic rings. The fraction of sp³-hybridized carbons (Fsp3) is 0.562. The summed E-state index contributed by atoms with van der Waals surface area (Å²) in [5, 5.41) is 9.26. The number of carbonyl (C=O) groups excluding carboxylic acids is 1. The summed E-state index contributed by atoms with van der Waals surface area (Å²) in [4.78, 5) is 23.4. The molecule has 0 spiro atoms. The first-order valence-electron chi connectivity index (χ1n) is 7.80. The Morgan fingerprint density at radius 1 is 1.32 bits per heavy atom. The second kappa shape index (κ2) is 6.32. The molecule has 0 N–H and O–H groups in total. The van der Waals surface area contributed by atoms with E-state index in [0.717, 1.165) is 45.6 Å². The van der Waals surface area contributed by atoms with Crippen LogP contribution in [0.25, 0.3) is 0 Å². The first-order valence-corrected chi connectivity index (χ1v) is 7.80. The number of hydrogen-bond donors (Lipinski definition) is 0. The molecule has 2 aliphatic heterocycles. The van der Waals surface area contributed by atoms with Gasteiger partial charge in [-0.05, 0) is 32.0 Å². The quantitative estimate of drug-likeness (QED) is 0.804. The monoisotopic (exact) mass is 299 g/mol. The molecule has 0 bridgehead atoms. The smallest absolute Gasteiger partial charge is 0.245 e. The second-order valence-corrected chi connectivity index (χ2v) is 5.97. The Morgan fingerprint density at radius 2 is 2.09 bits per heavy atom. The molecular formula is C16H21N5O. The average molecular weight is 299 g/mol. The van der Waals surface area contributed by atoms with Crippen LogP contribution in [0.5, 0.6) is 0 Å². The minimum Gasteiger partial charge on any atom is -0.343 e. The lowest BCUT2D eigenvalue weighted by atomic mass is 10.1. The maximum absolute atomic E-state index is 12.8. The third kappa shape index (κ3) is 2.77. The van der Waals surface area contributed by atoms with Crippen LogP contribution in [0.2, 0.25) is 0 Å². The van der Waals surface area contributed by atoms with E-state index >= 15 is 0 Å². The highest BCUT2D eigenvalue weighted by atomic mass is 16.2. The predicted octanol–water partition coefficient (Wildman–Crippen LogP) is 0.696. The number of nitrogens with zero attached hydrogens (tertiary/aromatic N) is 5. The van der Waals surface area contributed by atoms with Crippen LogP contribution in [0.1, 0.15) is 18.4 Å². The predicted molar refractivity (Wildman–Crippen MR) is 83.4 cm³/mol. The van der Waals surface area contributed by atoms with Crippen molar-refractivity contribution in [3.63, 3.8) is 0 Å². The summed E-state index contributed by atoms with van der Waals surface area (Å²) in [6, 6.07) is 5.53. The van der Waals surface area contributed by atoms with Gasteiger partial charge < -0.3 is 14.7 Å². The molecule has 22 heavy (non-hydrogen) atoms. The molecule has 0 radical (unpaired) electrons. The number of anilines is 1. The number of pyridine rings is 1. The van der Waals surface area contributed by atoms with Gasteiger partial charge in [-0.2, -0.15) is 5.26 Å². The van der Waals surface area contributed by atoms with E-state index in [0.29, 0.717) is 11.4 Å². The molecule has 0 aromatic carbocycles. The lowest BCUT2D eigenvalue weighted by molar-refractivity contribution is -0.134. The van der Waals surface area contributed by atoms with Gasteiger partial charge in [-0.3, -0.25) is 4.79 Å². The molecule has 0 saturated carbocycles. The number of hydrogen-bond acceptors (Lipinski definition) is 5. The topological polar surface area (TPSA) is 63.5 Å². The third-order valence-corrected chi connectivity index (χ3v) is 4.53. The van der Waals surface area contributed by atoms with Crippen molar-refractivity contribution in [2.45, 2.75) is 18.9 Å². The van der Waals surface area contributed by atoms with E-state index in [-0.39, 0.29) is 11.9 Å². The Morgan fingerprint density at radius 3 is 2.82 bits per heavy atom. The van der Waals surface area contributed by atoms with Gasteiger partial charge in [0.05, 0.1) is 5.56 Å². The van der Waals surface area contributed by atoms with E-state index in [9.17, 15) is 10.1 Å². The summed E-state index contributed by atoms with van der Waals surface area (Å²) < 4.78 is 0. The van der Waals surface area contributed by atoms with Gasteiger partial charge in [0.1, 0.15) is 17.9 Å².